The van der Waals surface area contributed by atoms with E-state index in [0.717, 1.165) is 24.4 Å². The van der Waals surface area contributed by atoms with Crippen molar-refractivity contribution < 1.29 is 23.2 Å². The van der Waals surface area contributed by atoms with Crippen molar-refractivity contribution in [3.63, 3.8) is 0 Å². The summed E-state index contributed by atoms with van der Waals surface area (Å²) in [6.45, 7) is 1.17. The molecule has 1 aromatic heterocycles. The maximum atomic E-state index is 12.9. The summed E-state index contributed by atoms with van der Waals surface area (Å²) in [5, 5.41) is 8.66. The number of nitrogens with one attached hydrogen (secondary N) is 1. The van der Waals surface area contributed by atoms with Gasteiger partial charge in [0.1, 0.15) is 5.69 Å². The van der Waals surface area contributed by atoms with Gasteiger partial charge in [-0.25, -0.2) is 15.4 Å². The van der Waals surface area contributed by atoms with Crippen LogP contribution in [-0.4, -0.2) is 46.3 Å². The van der Waals surface area contributed by atoms with E-state index < -0.39 is 17.8 Å². The van der Waals surface area contributed by atoms with Crippen molar-refractivity contribution in [2.45, 2.75) is 24.7 Å². The molecule has 2 fully saturated rings. The summed E-state index contributed by atoms with van der Waals surface area (Å²) in [5.41, 5.74) is 1.90. The van der Waals surface area contributed by atoms with Crippen LogP contribution in [0.1, 0.15) is 22.5 Å². The van der Waals surface area contributed by atoms with Crippen molar-refractivity contribution in [1.82, 2.24) is 15.4 Å². The maximum Gasteiger partial charge on any atom is 0.433 e. The number of hydrogen-bond donors (Lipinski definition) is 2. The molecule has 7 nitrogen and oxygen atoms in total. The summed E-state index contributed by atoms with van der Waals surface area (Å²) in [6.07, 6.45) is -2.55. The average Bonchev–Trinajstić information content (AvgIpc) is 3.28. The van der Waals surface area contributed by atoms with E-state index in [0.29, 0.717) is 18.7 Å². The molecular formula is C17H16F3N5O2. The predicted octanol–water partition coefficient (Wildman–Crippen LogP) is 2.08. The average molecular weight is 379 g/mol. The molecule has 0 unspecified atom stereocenters. The summed E-state index contributed by atoms with van der Waals surface area (Å²) in [4.78, 5) is 23.1. The molecule has 2 aliphatic rings. The zero-order valence-electron chi connectivity index (χ0n) is 14.0. The zero-order valence-corrected chi connectivity index (χ0v) is 14.0. The smallest absolute Gasteiger partial charge is 0.365 e. The summed E-state index contributed by atoms with van der Waals surface area (Å²) < 4.78 is 38.6. The number of hydrogen-bond acceptors (Lipinski definition) is 6. The van der Waals surface area contributed by atoms with Gasteiger partial charge < -0.3 is 9.80 Å². The van der Waals surface area contributed by atoms with Gasteiger partial charge in [0, 0.05) is 36.6 Å². The molecule has 1 aromatic carbocycles. The number of alkyl halides is 3. The third-order valence-corrected chi connectivity index (χ3v) is 4.99. The van der Waals surface area contributed by atoms with Gasteiger partial charge in [-0.15, -0.1) is 0 Å². The summed E-state index contributed by atoms with van der Waals surface area (Å²) in [7, 11) is 0. The first-order valence-electron chi connectivity index (χ1n) is 8.35. The second-order valence-electron chi connectivity index (χ2n) is 6.58. The Morgan fingerprint density at radius 3 is 2.37 bits per heavy atom. The minimum atomic E-state index is -4.49. The summed E-state index contributed by atoms with van der Waals surface area (Å²) in [5.74, 6) is -0.482. The Balaban J connectivity index is 1.49. The number of amides is 1. The van der Waals surface area contributed by atoms with E-state index in [9.17, 15) is 18.0 Å². The fourth-order valence-electron chi connectivity index (χ4n) is 3.74. The van der Waals surface area contributed by atoms with Crippen molar-refractivity contribution in [3.05, 3.63) is 47.8 Å². The van der Waals surface area contributed by atoms with Crippen LogP contribution in [0.15, 0.2) is 36.5 Å². The number of benzene rings is 1. The SMILES string of the molecule is O=C(NO)c1ccc(N2C[C@H]3C[C@@H]2CN3c2nccc(C(F)(F)F)n2)cc1. The van der Waals surface area contributed by atoms with Crippen LogP contribution in [0, 0.1) is 0 Å². The Hall–Kier alpha value is -2.88. The van der Waals surface area contributed by atoms with Gasteiger partial charge >= 0.3 is 6.18 Å². The molecule has 2 bridgehead atoms. The number of aromatic nitrogens is 2. The third kappa shape index (κ3) is 3.16. The Labute approximate surface area is 152 Å². The Morgan fingerprint density at radius 1 is 1.11 bits per heavy atom. The number of piperazine rings is 1. The number of carbonyl (C=O) groups excluding carboxylic acids is 1. The highest BCUT2D eigenvalue weighted by atomic mass is 19.4. The van der Waals surface area contributed by atoms with E-state index in [1.165, 1.54) is 0 Å². The number of hydroxylamine groups is 1. The highest BCUT2D eigenvalue weighted by Crippen LogP contribution is 2.37. The normalized spacial score (nSPS) is 21.6. The fourth-order valence-corrected chi connectivity index (χ4v) is 3.74. The molecule has 2 saturated heterocycles. The van der Waals surface area contributed by atoms with Crippen LogP contribution in [-0.2, 0) is 6.18 Å². The molecular weight excluding hydrogens is 363 g/mol. The van der Waals surface area contributed by atoms with E-state index in [2.05, 4.69) is 14.9 Å². The highest BCUT2D eigenvalue weighted by molar-refractivity contribution is 5.93. The number of carbonyl (C=O) groups is 1. The van der Waals surface area contributed by atoms with Crippen LogP contribution in [0.2, 0.25) is 0 Å². The number of anilines is 2. The highest BCUT2D eigenvalue weighted by Gasteiger charge is 2.45. The molecule has 2 N–H and O–H groups in total. The van der Waals surface area contributed by atoms with Crippen molar-refractivity contribution in [1.29, 1.82) is 0 Å². The molecule has 1 amide bonds. The largest absolute Gasteiger partial charge is 0.433 e. The van der Waals surface area contributed by atoms with Crippen molar-refractivity contribution >= 4 is 17.5 Å². The quantitative estimate of drug-likeness (QED) is 0.628. The minimum absolute atomic E-state index is 0.0268. The second kappa shape index (κ2) is 6.38. The van der Waals surface area contributed by atoms with E-state index in [1.807, 2.05) is 4.90 Å². The van der Waals surface area contributed by atoms with Crippen LogP contribution in [0.5, 0.6) is 0 Å². The van der Waals surface area contributed by atoms with Crippen LogP contribution in [0.3, 0.4) is 0 Å². The molecule has 27 heavy (non-hydrogen) atoms. The van der Waals surface area contributed by atoms with E-state index in [4.69, 9.17) is 5.21 Å². The molecule has 0 spiro atoms. The molecule has 142 valence electrons. The van der Waals surface area contributed by atoms with Gasteiger partial charge in [-0.1, -0.05) is 0 Å². The summed E-state index contributed by atoms with van der Waals surface area (Å²) >= 11 is 0. The lowest BCUT2D eigenvalue weighted by Gasteiger charge is -2.35. The standard InChI is InChI=1S/C17H16F3N5O2/c18-17(19,20)14-5-6-21-16(22-14)25-9-12-7-13(25)8-24(12)11-3-1-10(2-4-11)15(26)23-27/h1-6,12-13,27H,7-9H2,(H,23,26)/t12-,13-/m1/s1. The number of fused-ring (bicyclic) bond motifs is 2. The molecule has 0 radical (unpaired) electrons. The lowest BCUT2D eigenvalue weighted by atomic mass is 10.1. The molecule has 3 heterocycles. The lowest BCUT2D eigenvalue weighted by Crippen LogP contribution is -2.47. The monoisotopic (exact) mass is 379 g/mol. The van der Waals surface area contributed by atoms with E-state index >= 15 is 0 Å². The lowest BCUT2D eigenvalue weighted by molar-refractivity contribution is -0.141. The van der Waals surface area contributed by atoms with Crippen LogP contribution >= 0.6 is 0 Å². The first kappa shape index (κ1) is 17.5. The van der Waals surface area contributed by atoms with Crippen molar-refractivity contribution in [2.24, 2.45) is 0 Å². The first-order valence-corrected chi connectivity index (χ1v) is 8.35. The van der Waals surface area contributed by atoms with Crippen LogP contribution < -0.4 is 15.3 Å². The van der Waals surface area contributed by atoms with Crippen LogP contribution in [0.4, 0.5) is 24.8 Å². The second-order valence-corrected chi connectivity index (χ2v) is 6.58. The molecule has 10 heteroatoms. The van der Waals surface area contributed by atoms with Gasteiger partial charge in [0.2, 0.25) is 5.95 Å². The molecule has 0 aliphatic carbocycles. The Kier molecular flexibility index (Phi) is 4.14. The van der Waals surface area contributed by atoms with Gasteiger partial charge in [0.05, 0.1) is 6.04 Å². The van der Waals surface area contributed by atoms with Gasteiger partial charge in [-0.3, -0.25) is 10.0 Å². The zero-order chi connectivity index (χ0) is 19.2. The molecule has 4 rings (SSSR count). The fraction of sp³-hybridized carbons (Fsp3) is 0.353. The van der Waals surface area contributed by atoms with Gasteiger partial charge in [-0.05, 0) is 36.8 Å². The van der Waals surface area contributed by atoms with E-state index in [1.54, 1.807) is 29.7 Å². The topological polar surface area (TPSA) is 81.6 Å². The molecule has 2 aliphatic heterocycles. The van der Waals surface area contributed by atoms with Gasteiger partial charge in [-0.2, -0.15) is 13.2 Å². The first-order chi connectivity index (χ1) is 12.9. The van der Waals surface area contributed by atoms with Gasteiger partial charge in [0.15, 0.2) is 0 Å². The predicted molar refractivity (Wildman–Crippen MR) is 89.6 cm³/mol. The number of nitrogens with zero attached hydrogens (tertiary/aromatic N) is 4. The Bertz CT molecular complexity index is 858. The van der Waals surface area contributed by atoms with Crippen LogP contribution in [0.25, 0.3) is 0 Å². The number of rotatable bonds is 3. The molecule has 2 atom stereocenters. The number of halogens is 3. The van der Waals surface area contributed by atoms with Crippen molar-refractivity contribution in [2.75, 3.05) is 22.9 Å². The summed E-state index contributed by atoms with van der Waals surface area (Å²) in [6, 6.07) is 7.83. The van der Waals surface area contributed by atoms with Gasteiger partial charge in [0.25, 0.3) is 5.91 Å². The minimum Gasteiger partial charge on any atom is -0.365 e. The molecule has 0 saturated carbocycles. The Morgan fingerprint density at radius 2 is 1.78 bits per heavy atom. The van der Waals surface area contributed by atoms with E-state index in [-0.39, 0.29) is 18.0 Å². The maximum absolute atomic E-state index is 12.9. The molecule has 2 aromatic rings. The van der Waals surface area contributed by atoms with Crippen molar-refractivity contribution in [3.8, 4) is 0 Å². The third-order valence-electron chi connectivity index (χ3n) is 4.99.